The third kappa shape index (κ3) is 2.76. The first-order chi connectivity index (χ1) is 9.15. The molecule has 1 heterocycles. The Kier molecular flexibility index (Phi) is 4.24. The number of hydrogen-bond acceptors (Lipinski definition) is 3. The van der Waals surface area contributed by atoms with Gasteiger partial charge >= 0.3 is 6.03 Å². The lowest BCUT2D eigenvalue weighted by molar-refractivity contribution is -0.0582. The third-order valence-electron chi connectivity index (χ3n) is 2.83. The van der Waals surface area contributed by atoms with Crippen LogP contribution in [-0.2, 0) is 0 Å². The highest BCUT2D eigenvalue weighted by atomic mass is 79.9. The van der Waals surface area contributed by atoms with Crippen molar-refractivity contribution in [2.45, 2.75) is 15.9 Å². The minimum Gasteiger partial charge on any atom is -0.365 e. The number of benzene rings is 1. The van der Waals surface area contributed by atoms with Crippen LogP contribution >= 0.6 is 50.7 Å². The number of primary amides is 1. The van der Waals surface area contributed by atoms with Crippen LogP contribution in [-0.4, -0.2) is 31.4 Å². The van der Waals surface area contributed by atoms with Gasteiger partial charge in [0, 0.05) is 10.9 Å². The third-order valence-corrected chi connectivity index (χ3v) is 4.26. The summed E-state index contributed by atoms with van der Waals surface area (Å²) in [4.78, 5) is 11.4. The highest BCUT2D eigenvalue weighted by molar-refractivity contribution is 9.10. The van der Waals surface area contributed by atoms with E-state index in [4.69, 9.17) is 40.5 Å². The van der Waals surface area contributed by atoms with E-state index in [0.717, 1.165) is 4.47 Å². The van der Waals surface area contributed by atoms with Gasteiger partial charge < -0.3 is 10.8 Å². The predicted octanol–water partition coefficient (Wildman–Crippen LogP) is 3.00. The zero-order chi connectivity index (χ0) is 15.1. The van der Waals surface area contributed by atoms with Crippen molar-refractivity contribution in [1.82, 2.24) is 5.01 Å². The number of carbonyl (C=O) groups excluding carboxylic acids is 1. The molecule has 1 aliphatic heterocycles. The number of aliphatic hydroxyl groups is 1. The molecule has 2 amide bonds. The molecule has 0 aromatic heterocycles. The molecule has 2 rings (SSSR count). The molecule has 0 fully saturated rings. The Bertz CT molecular complexity index is 573. The Morgan fingerprint density at radius 2 is 1.95 bits per heavy atom. The molecule has 1 aromatic rings. The Hall–Kier alpha value is -0.530. The molecule has 0 spiro atoms. The number of hydrazone groups is 1. The maximum atomic E-state index is 11.4. The van der Waals surface area contributed by atoms with E-state index in [9.17, 15) is 9.90 Å². The van der Waals surface area contributed by atoms with E-state index < -0.39 is 15.5 Å². The van der Waals surface area contributed by atoms with Crippen molar-refractivity contribution in [3.05, 3.63) is 34.3 Å². The van der Waals surface area contributed by atoms with E-state index in [0.29, 0.717) is 16.3 Å². The monoisotopic (exact) mass is 399 g/mol. The number of urea groups is 1. The van der Waals surface area contributed by atoms with Crippen LogP contribution in [0.3, 0.4) is 0 Å². The number of nitrogens with zero attached hydrogens (tertiary/aromatic N) is 2. The molecule has 108 valence electrons. The van der Waals surface area contributed by atoms with Gasteiger partial charge in [0.05, 0.1) is 5.71 Å². The highest BCUT2D eigenvalue weighted by Crippen LogP contribution is 2.46. The second-order valence-electron chi connectivity index (χ2n) is 4.19. The van der Waals surface area contributed by atoms with Crippen LogP contribution < -0.4 is 5.73 Å². The van der Waals surface area contributed by atoms with Crippen LogP contribution in [0.2, 0.25) is 0 Å². The van der Waals surface area contributed by atoms with Gasteiger partial charge in [0.2, 0.25) is 9.52 Å². The predicted molar refractivity (Wildman–Crippen MR) is 82.0 cm³/mol. The van der Waals surface area contributed by atoms with Gasteiger partial charge in [0.15, 0.2) is 0 Å². The fraction of sp³-hybridized carbons (Fsp3) is 0.273. The Balaban J connectivity index is 2.42. The average molecular weight is 401 g/mol. The van der Waals surface area contributed by atoms with E-state index >= 15 is 0 Å². The molecule has 5 nitrogen and oxygen atoms in total. The number of alkyl halides is 3. The lowest BCUT2D eigenvalue weighted by atomic mass is 10.0. The molecule has 1 unspecified atom stereocenters. The number of nitrogens with two attached hydrogens (primary N) is 1. The van der Waals surface area contributed by atoms with E-state index in [1.54, 1.807) is 24.3 Å². The van der Waals surface area contributed by atoms with Crippen LogP contribution in [0.25, 0.3) is 0 Å². The van der Waals surface area contributed by atoms with Crippen LogP contribution in [0, 0.1) is 0 Å². The van der Waals surface area contributed by atoms with Crippen LogP contribution in [0.4, 0.5) is 4.79 Å². The molecule has 0 saturated heterocycles. The van der Waals surface area contributed by atoms with Gasteiger partial charge in [-0.2, -0.15) is 10.1 Å². The maximum absolute atomic E-state index is 11.4. The molecule has 3 N–H and O–H groups in total. The maximum Gasteiger partial charge on any atom is 0.338 e. The topological polar surface area (TPSA) is 78.9 Å². The van der Waals surface area contributed by atoms with Gasteiger partial charge in [-0.3, -0.25) is 0 Å². The standard InChI is InChI=1S/C11H9BrCl3N3O2/c12-7-3-1-6(2-4-7)8-5-10(20,11(13,14)15)18(17-8)9(16)19/h1-4,20H,5H2,(H2,16,19). The summed E-state index contributed by atoms with van der Waals surface area (Å²) in [5, 5.41) is 15.0. The summed E-state index contributed by atoms with van der Waals surface area (Å²) in [6, 6.07) is 6.09. The summed E-state index contributed by atoms with van der Waals surface area (Å²) in [5.41, 5.74) is 4.13. The van der Waals surface area contributed by atoms with Gasteiger partial charge in [0.25, 0.3) is 0 Å². The van der Waals surface area contributed by atoms with Gasteiger partial charge in [-0.05, 0) is 17.7 Å². The van der Waals surface area contributed by atoms with Gasteiger partial charge in [-0.25, -0.2) is 4.79 Å². The van der Waals surface area contributed by atoms with Crippen molar-refractivity contribution in [3.8, 4) is 0 Å². The molecule has 20 heavy (non-hydrogen) atoms. The van der Waals surface area contributed by atoms with Crippen LogP contribution in [0.5, 0.6) is 0 Å². The summed E-state index contributed by atoms with van der Waals surface area (Å²) in [6.45, 7) is 0. The molecule has 1 aliphatic rings. The van der Waals surface area contributed by atoms with Gasteiger partial charge in [-0.1, -0.05) is 62.9 Å². The van der Waals surface area contributed by atoms with Crippen molar-refractivity contribution >= 4 is 62.5 Å². The molecular formula is C11H9BrCl3N3O2. The molecular weight excluding hydrogens is 392 g/mol. The van der Waals surface area contributed by atoms with E-state index in [1.807, 2.05) is 0 Å². The van der Waals surface area contributed by atoms with Crippen molar-refractivity contribution in [2.75, 3.05) is 0 Å². The van der Waals surface area contributed by atoms with Gasteiger partial charge in [-0.15, -0.1) is 0 Å². The van der Waals surface area contributed by atoms with E-state index in [1.165, 1.54) is 0 Å². The van der Waals surface area contributed by atoms with E-state index in [-0.39, 0.29) is 6.42 Å². The largest absolute Gasteiger partial charge is 0.365 e. The van der Waals surface area contributed by atoms with Crippen LogP contribution in [0.15, 0.2) is 33.8 Å². The first-order valence-corrected chi connectivity index (χ1v) is 7.30. The SMILES string of the molecule is NC(=O)N1N=C(c2ccc(Br)cc2)CC1(O)C(Cl)(Cl)Cl. The normalized spacial score (nSPS) is 22.9. The molecule has 1 atom stereocenters. The summed E-state index contributed by atoms with van der Waals surface area (Å²) in [6.07, 6.45) is -0.145. The minimum absolute atomic E-state index is 0.145. The number of halogens is 4. The molecule has 0 aliphatic carbocycles. The lowest BCUT2D eigenvalue weighted by Crippen LogP contribution is -2.56. The number of rotatable bonds is 1. The average Bonchev–Trinajstić information content (AvgIpc) is 2.69. The molecule has 0 saturated carbocycles. The lowest BCUT2D eigenvalue weighted by Gasteiger charge is -2.35. The quantitative estimate of drug-likeness (QED) is 0.710. The first kappa shape index (κ1) is 15.9. The fourth-order valence-electron chi connectivity index (χ4n) is 1.80. The summed E-state index contributed by atoms with van der Waals surface area (Å²) in [7, 11) is 0. The molecule has 9 heteroatoms. The summed E-state index contributed by atoms with van der Waals surface area (Å²) in [5.74, 6) is 0. The van der Waals surface area contributed by atoms with Crippen molar-refractivity contribution in [1.29, 1.82) is 0 Å². The Morgan fingerprint density at radius 1 is 1.40 bits per heavy atom. The molecule has 0 bridgehead atoms. The van der Waals surface area contributed by atoms with Crippen molar-refractivity contribution < 1.29 is 9.90 Å². The smallest absolute Gasteiger partial charge is 0.338 e. The molecule has 0 radical (unpaired) electrons. The number of amides is 2. The van der Waals surface area contributed by atoms with E-state index in [2.05, 4.69) is 21.0 Å². The second-order valence-corrected chi connectivity index (χ2v) is 7.39. The molecule has 1 aromatic carbocycles. The zero-order valence-corrected chi connectivity index (χ0v) is 13.7. The summed E-state index contributed by atoms with van der Waals surface area (Å²) >= 11 is 20.6. The first-order valence-electron chi connectivity index (χ1n) is 5.37. The van der Waals surface area contributed by atoms with Crippen molar-refractivity contribution in [3.63, 3.8) is 0 Å². The minimum atomic E-state index is -2.15. The fourth-order valence-corrected chi connectivity index (χ4v) is 2.51. The number of hydrogen-bond donors (Lipinski definition) is 2. The Labute approximate surface area is 138 Å². The van der Waals surface area contributed by atoms with Crippen LogP contribution in [0.1, 0.15) is 12.0 Å². The second kappa shape index (κ2) is 5.35. The summed E-state index contributed by atoms with van der Waals surface area (Å²) < 4.78 is -1.27. The number of carbonyl (C=O) groups is 1. The Morgan fingerprint density at radius 3 is 2.35 bits per heavy atom. The highest BCUT2D eigenvalue weighted by Gasteiger charge is 2.57. The zero-order valence-electron chi connectivity index (χ0n) is 9.86. The van der Waals surface area contributed by atoms with Crippen molar-refractivity contribution in [2.24, 2.45) is 10.8 Å². The van der Waals surface area contributed by atoms with Gasteiger partial charge in [0.1, 0.15) is 0 Å².